The van der Waals surface area contributed by atoms with Gasteiger partial charge >= 0.3 is 0 Å². The Morgan fingerprint density at radius 3 is 2.60 bits per heavy atom. The normalized spacial score (nSPS) is 12.3. The molecule has 3 aromatic rings. The van der Waals surface area contributed by atoms with Crippen LogP contribution in [0.15, 0.2) is 48.9 Å². The number of hydrogen-bond acceptors (Lipinski definition) is 3. The first kappa shape index (κ1) is 12.5. The van der Waals surface area contributed by atoms with E-state index in [1.54, 1.807) is 6.20 Å². The molecule has 5 nitrogen and oxygen atoms in total. The smallest absolute Gasteiger partial charge is 0.0650 e. The molecule has 2 heterocycles. The standard InChI is InChI=1S/C15H17N5/c1-11(13-9-17-20(2)10-13)18-14-5-3-12(4-6-14)15-7-8-16-19-15/h3-11,18H,1-2H3,(H,16,19). The van der Waals surface area contributed by atoms with Crippen molar-refractivity contribution < 1.29 is 0 Å². The summed E-state index contributed by atoms with van der Waals surface area (Å²) in [6.45, 7) is 2.12. The third kappa shape index (κ3) is 2.56. The maximum absolute atomic E-state index is 4.19. The second-order valence-electron chi connectivity index (χ2n) is 4.86. The minimum atomic E-state index is 0.224. The van der Waals surface area contributed by atoms with Crippen LogP contribution in [0.3, 0.4) is 0 Å². The Bertz CT molecular complexity index is 667. The highest BCUT2D eigenvalue weighted by molar-refractivity contribution is 5.62. The minimum absolute atomic E-state index is 0.224. The first-order valence-electron chi connectivity index (χ1n) is 6.57. The van der Waals surface area contributed by atoms with Crippen molar-refractivity contribution in [1.29, 1.82) is 0 Å². The van der Waals surface area contributed by atoms with E-state index >= 15 is 0 Å². The summed E-state index contributed by atoms with van der Waals surface area (Å²) in [5, 5.41) is 14.6. The van der Waals surface area contributed by atoms with Gasteiger partial charge in [0.25, 0.3) is 0 Å². The van der Waals surface area contributed by atoms with Crippen LogP contribution in [0.2, 0.25) is 0 Å². The van der Waals surface area contributed by atoms with Crippen LogP contribution in [0.1, 0.15) is 18.5 Å². The minimum Gasteiger partial charge on any atom is -0.378 e. The monoisotopic (exact) mass is 267 g/mol. The fourth-order valence-electron chi connectivity index (χ4n) is 2.16. The molecule has 0 aliphatic carbocycles. The zero-order valence-electron chi connectivity index (χ0n) is 11.5. The summed E-state index contributed by atoms with van der Waals surface area (Å²) in [6, 6.07) is 10.5. The molecule has 0 aliphatic rings. The van der Waals surface area contributed by atoms with Gasteiger partial charge < -0.3 is 5.32 Å². The average molecular weight is 267 g/mol. The number of hydrogen-bond donors (Lipinski definition) is 2. The molecule has 2 aromatic heterocycles. The van der Waals surface area contributed by atoms with E-state index < -0.39 is 0 Å². The van der Waals surface area contributed by atoms with Gasteiger partial charge in [-0.3, -0.25) is 9.78 Å². The van der Waals surface area contributed by atoms with E-state index in [-0.39, 0.29) is 6.04 Å². The SMILES string of the molecule is CC(Nc1ccc(-c2ccn[nH]2)cc1)c1cnn(C)c1. The van der Waals surface area contributed by atoms with Crippen molar-refractivity contribution in [1.82, 2.24) is 20.0 Å². The molecule has 0 aliphatic heterocycles. The molecule has 0 radical (unpaired) electrons. The Morgan fingerprint density at radius 2 is 2.00 bits per heavy atom. The van der Waals surface area contributed by atoms with Crippen LogP contribution < -0.4 is 5.32 Å². The third-order valence-electron chi connectivity index (χ3n) is 3.30. The number of aromatic amines is 1. The maximum Gasteiger partial charge on any atom is 0.0650 e. The Balaban J connectivity index is 1.72. The van der Waals surface area contributed by atoms with Gasteiger partial charge in [0.2, 0.25) is 0 Å². The van der Waals surface area contributed by atoms with E-state index in [4.69, 9.17) is 0 Å². The highest BCUT2D eigenvalue weighted by Gasteiger charge is 2.07. The van der Waals surface area contributed by atoms with Crippen LogP contribution in [-0.2, 0) is 7.05 Å². The number of aromatic nitrogens is 4. The van der Waals surface area contributed by atoms with Gasteiger partial charge in [-0.15, -0.1) is 0 Å². The van der Waals surface area contributed by atoms with E-state index in [0.717, 1.165) is 16.9 Å². The van der Waals surface area contributed by atoms with Crippen molar-refractivity contribution in [3.63, 3.8) is 0 Å². The Morgan fingerprint density at radius 1 is 1.20 bits per heavy atom. The van der Waals surface area contributed by atoms with Gasteiger partial charge in [0, 0.05) is 30.7 Å². The van der Waals surface area contributed by atoms with Crippen molar-refractivity contribution in [3.05, 3.63) is 54.5 Å². The van der Waals surface area contributed by atoms with Crippen molar-refractivity contribution in [2.75, 3.05) is 5.32 Å². The summed E-state index contributed by atoms with van der Waals surface area (Å²) in [4.78, 5) is 0. The third-order valence-corrected chi connectivity index (χ3v) is 3.30. The van der Waals surface area contributed by atoms with Gasteiger partial charge in [-0.1, -0.05) is 12.1 Å². The molecular weight excluding hydrogens is 250 g/mol. The molecule has 0 fully saturated rings. The van der Waals surface area contributed by atoms with E-state index in [1.807, 2.05) is 30.2 Å². The molecule has 1 unspecified atom stereocenters. The molecule has 2 N–H and O–H groups in total. The second kappa shape index (κ2) is 5.21. The molecule has 0 amide bonds. The molecular formula is C15H17N5. The molecule has 5 heteroatoms. The molecule has 20 heavy (non-hydrogen) atoms. The zero-order valence-corrected chi connectivity index (χ0v) is 11.5. The Labute approximate surface area is 117 Å². The molecule has 3 rings (SSSR count). The van der Waals surface area contributed by atoms with Crippen LogP contribution in [0.25, 0.3) is 11.3 Å². The fraction of sp³-hybridized carbons (Fsp3) is 0.200. The average Bonchev–Trinajstić information content (AvgIpc) is 3.10. The van der Waals surface area contributed by atoms with Gasteiger partial charge in [0.1, 0.15) is 0 Å². The number of anilines is 1. The van der Waals surface area contributed by atoms with Crippen LogP contribution in [0, 0.1) is 0 Å². The molecule has 1 aromatic carbocycles. The van der Waals surface area contributed by atoms with E-state index in [0.29, 0.717) is 0 Å². The van der Waals surface area contributed by atoms with Gasteiger partial charge in [-0.2, -0.15) is 10.2 Å². The van der Waals surface area contributed by atoms with Crippen molar-refractivity contribution in [2.24, 2.45) is 7.05 Å². The van der Waals surface area contributed by atoms with Crippen molar-refractivity contribution in [2.45, 2.75) is 13.0 Å². The summed E-state index contributed by atoms with van der Waals surface area (Å²) in [5.41, 5.74) is 4.41. The fourth-order valence-corrected chi connectivity index (χ4v) is 2.16. The Hall–Kier alpha value is -2.56. The summed E-state index contributed by atoms with van der Waals surface area (Å²) in [6.07, 6.45) is 5.67. The summed E-state index contributed by atoms with van der Waals surface area (Å²) in [7, 11) is 1.93. The summed E-state index contributed by atoms with van der Waals surface area (Å²) < 4.78 is 1.81. The number of benzene rings is 1. The molecule has 0 bridgehead atoms. The molecule has 0 saturated heterocycles. The first-order chi connectivity index (χ1) is 9.72. The van der Waals surface area contributed by atoms with E-state index in [1.165, 1.54) is 5.56 Å². The molecule has 1 atom stereocenters. The predicted molar refractivity (Wildman–Crippen MR) is 79.3 cm³/mol. The number of nitrogens with zero attached hydrogens (tertiary/aromatic N) is 3. The highest BCUT2D eigenvalue weighted by Crippen LogP contribution is 2.22. The summed E-state index contributed by atoms with van der Waals surface area (Å²) >= 11 is 0. The van der Waals surface area contributed by atoms with Crippen LogP contribution in [-0.4, -0.2) is 20.0 Å². The molecule has 0 saturated carbocycles. The summed E-state index contributed by atoms with van der Waals surface area (Å²) in [5.74, 6) is 0. The van der Waals surface area contributed by atoms with Gasteiger partial charge in [-0.25, -0.2) is 0 Å². The lowest BCUT2D eigenvalue weighted by atomic mass is 10.1. The van der Waals surface area contributed by atoms with Crippen molar-refractivity contribution >= 4 is 5.69 Å². The van der Waals surface area contributed by atoms with Crippen LogP contribution >= 0.6 is 0 Å². The largest absolute Gasteiger partial charge is 0.378 e. The lowest BCUT2D eigenvalue weighted by Crippen LogP contribution is -2.05. The van der Waals surface area contributed by atoms with Gasteiger partial charge in [0.05, 0.1) is 17.9 Å². The number of H-pyrrole nitrogens is 1. The Kier molecular flexibility index (Phi) is 3.25. The lowest BCUT2D eigenvalue weighted by Gasteiger charge is -2.13. The number of rotatable bonds is 4. The number of nitrogens with one attached hydrogen (secondary N) is 2. The topological polar surface area (TPSA) is 58.5 Å². The highest BCUT2D eigenvalue weighted by atomic mass is 15.2. The second-order valence-corrected chi connectivity index (χ2v) is 4.86. The van der Waals surface area contributed by atoms with E-state index in [2.05, 4.69) is 51.8 Å². The van der Waals surface area contributed by atoms with Crippen LogP contribution in [0.5, 0.6) is 0 Å². The van der Waals surface area contributed by atoms with Crippen LogP contribution in [0.4, 0.5) is 5.69 Å². The predicted octanol–water partition coefficient (Wildman–Crippen LogP) is 2.98. The quantitative estimate of drug-likeness (QED) is 0.764. The maximum atomic E-state index is 4.19. The van der Waals surface area contributed by atoms with E-state index in [9.17, 15) is 0 Å². The first-order valence-corrected chi connectivity index (χ1v) is 6.57. The molecule has 0 spiro atoms. The van der Waals surface area contributed by atoms with Gasteiger partial charge in [-0.05, 0) is 30.7 Å². The van der Waals surface area contributed by atoms with Gasteiger partial charge in [0.15, 0.2) is 0 Å². The number of aryl methyl sites for hydroxylation is 1. The lowest BCUT2D eigenvalue weighted by molar-refractivity contribution is 0.765. The van der Waals surface area contributed by atoms with Crippen molar-refractivity contribution in [3.8, 4) is 11.3 Å². The zero-order chi connectivity index (χ0) is 13.9. The molecule has 102 valence electrons.